The highest BCUT2D eigenvalue weighted by Crippen LogP contribution is 2.32. The van der Waals surface area contributed by atoms with Crippen LogP contribution >= 0.6 is 11.3 Å². The molecule has 1 fully saturated rings. The summed E-state index contributed by atoms with van der Waals surface area (Å²) < 4.78 is 12.5. The second-order valence-electron chi connectivity index (χ2n) is 7.51. The van der Waals surface area contributed by atoms with Crippen molar-refractivity contribution >= 4 is 32.6 Å². The lowest BCUT2D eigenvalue weighted by molar-refractivity contribution is -0.118. The molecule has 0 saturated carbocycles. The number of para-hydroxylation sites is 1. The maximum absolute atomic E-state index is 13.3. The van der Waals surface area contributed by atoms with Gasteiger partial charge in [-0.05, 0) is 55.5 Å². The SMILES string of the molecule is CCOc1ccc(CC(=O)N(C[C@@H]2CCCO2)c2nc3c(CC)cccc3s2)cc1. The van der Waals surface area contributed by atoms with Crippen LogP contribution in [0.4, 0.5) is 5.13 Å². The Balaban J connectivity index is 1.59. The normalized spacial score (nSPS) is 16.1. The summed E-state index contributed by atoms with van der Waals surface area (Å²) in [7, 11) is 0. The van der Waals surface area contributed by atoms with Gasteiger partial charge >= 0.3 is 0 Å². The molecule has 6 heteroatoms. The third-order valence-corrected chi connectivity index (χ3v) is 6.45. The summed E-state index contributed by atoms with van der Waals surface area (Å²) in [5, 5.41) is 0.761. The number of hydrogen-bond acceptors (Lipinski definition) is 5. The maximum Gasteiger partial charge on any atom is 0.233 e. The van der Waals surface area contributed by atoms with E-state index in [9.17, 15) is 4.79 Å². The summed E-state index contributed by atoms with van der Waals surface area (Å²) >= 11 is 1.58. The summed E-state index contributed by atoms with van der Waals surface area (Å²) in [6.07, 6.45) is 3.36. The fraction of sp³-hybridized carbons (Fsp3) is 0.417. The highest BCUT2D eigenvalue weighted by Gasteiger charge is 2.26. The molecule has 1 aliphatic rings. The standard InChI is InChI=1S/C24H28N2O3S/c1-3-18-7-5-9-21-23(18)25-24(30-21)26(16-20-8-6-14-29-20)22(27)15-17-10-12-19(13-11-17)28-4-2/h5,7,9-13,20H,3-4,6,8,14-16H2,1-2H3/t20-/m0/s1. The smallest absolute Gasteiger partial charge is 0.233 e. The fourth-order valence-corrected chi connectivity index (χ4v) is 4.85. The number of amides is 1. The van der Waals surface area contributed by atoms with Crippen LogP contribution in [0.5, 0.6) is 5.75 Å². The molecule has 3 aromatic rings. The number of thiazole rings is 1. The number of nitrogens with zero attached hydrogens (tertiary/aromatic N) is 2. The van der Waals surface area contributed by atoms with Crippen LogP contribution in [0.25, 0.3) is 10.2 Å². The number of carbonyl (C=O) groups excluding carboxylic acids is 1. The van der Waals surface area contributed by atoms with E-state index >= 15 is 0 Å². The molecule has 0 radical (unpaired) electrons. The van der Waals surface area contributed by atoms with Crippen molar-refractivity contribution in [3.8, 4) is 5.75 Å². The van der Waals surface area contributed by atoms with E-state index in [1.54, 1.807) is 11.3 Å². The third kappa shape index (κ3) is 4.65. The first-order valence-corrected chi connectivity index (χ1v) is 11.5. The number of aryl methyl sites for hydroxylation is 1. The minimum absolute atomic E-state index is 0.0479. The average Bonchev–Trinajstić information content (AvgIpc) is 3.42. The molecule has 1 amide bonds. The Morgan fingerprint density at radius 3 is 2.77 bits per heavy atom. The van der Waals surface area contributed by atoms with Gasteiger partial charge in [-0.1, -0.05) is 42.5 Å². The van der Waals surface area contributed by atoms with Gasteiger partial charge in [-0.2, -0.15) is 0 Å². The van der Waals surface area contributed by atoms with Crippen molar-refractivity contribution in [2.75, 3.05) is 24.7 Å². The van der Waals surface area contributed by atoms with Crippen molar-refractivity contribution in [1.82, 2.24) is 4.98 Å². The van der Waals surface area contributed by atoms with Crippen LogP contribution in [0.2, 0.25) is 0 Å². The molecule has 1 atom stereocenters. The van der Waals surface area contributed by atoms with Gasteiger partial charge in [0, 0.05) is 6.61 Å². The largest absolute Gasteiger partial charge is 0.494 e. The number of carbonyl (C=O) groups is 1. The minimum atomic E-state index is 0.0479. The third-order valence-electron chi connectivity index (χ3n) is 5.40. The highest BCUT2D eigenvalue weighted by molar-refractivity contribution is 7.22. The molecule has 4 rings (SSSR count). The van der Waals surface area contributed by atoms with Gasteiger partial charge in [-0.3, -0.25) is 9.69 Å². The van der Waals surface area contributed by atoms with Crippen LogP contribution in [0, 0.1) is 0 Å². The first kappa shape index (κ1) is 20.8. The summed E-state index contributed by atoms with van der Waals surface area (Å²) in [6.45, 7) is 6.05. The molecule has 158 valence electrons. The predicted molar refractivity (Wildman–Crippen MR) is 122 cm³/mol. The van der Waals surface area contributed by atoms with Crippen LogP contribution in [0.15, 0.2) is 42.5 Å². The monoisotopic (exact) mass is 424 g/mol. The minimum Gasteiger partial charge on any atom is -0.494 e. The maximum atomic E-state index is 13.3. The Morgan fingerprint density at radius 1 is 1.23 bits per heavy atom. The topological polar surface area (TPSA) is 51.7 Å². The molecule has 0 spiro atoms. The van der Waals surface area contributed by atoms with Crippen molar-refractivity contribution in [1.29, 1.82) is 0 Å². The van der Waals surface area contributed by atoms with Crippen LogP contribution in [-0.2, 0) is 22.4 Å². The van der Waals surface area contributed by atoms with E-state index in [1.807, 2.05) is 36.1 Å². The Labute approximate surface area is 181 Å². The second-order valence-corrected chi connectivity index (χ2v) is 8.52. The van der Waals surface area contributed by atoms with E-state index in [0.717, 1.165) is 52.5 Å². The Kier molecular flexibility index (Phi) is 6.65. The van der Waals surface area contributed by atoms with E-state index < -0.39 is 0 Å². The summed E-state index contributed by atoms with van der Waals surface area (Å²) in [5.74, 6) is 0.870. The Hall–Kier alpha value is -2.44. The zero-order valence-corrected chi connectivity index (χ0v) is 18.4. The van der Waals surface area contributed by atoms with Gasteiger partial charge in [0.2, 0.25) is 5.91 Å². The molecule has 2 aromatic carbocycles. The molecule has 0 aliphatic carbocycles. The zero-order chi connectivity index (χ0) is 20.9. The number of aromatic nitrogens is 1. The molecule has 2 heterocycles. The number of rotatable bonds is 8. The first-order valence-electron chi connectivity index (χ1n) is 10.7. The number of benzene rings is 2. The molecular formula is C24H28N2O3S. The molecule has 0 bridgehead atoms. The van der Waals surface area contributed by atoms with E-state index in [4.69, 9.17) is 14.5 Å². The number of hydrogen-bond donors (Lipinski definition) is 0. The second kappa shape index (κ2) is 9.58. The van der Waals surface area contributed by atoms with Crippen LogP contribution < -0.4 is 9.64 Å². The van der Waals surface area contributed by atoms with Crippen molar-refractivity contribution in [2.45, 2.75) is 45.6 Å². The summed E-state index contributed by atoms with van der Waals surface area (Å²) in [6, 6.07) is 14.0. The van der Waals surface area contributed by atoms with Crippen molar-refractivity contribution in [3.63, 3.8) is 0 Å². The van der Waals surface area contributed by atoms with E-state index in [-0.39, 0.29) is 12.0 Å². The lowest BCUT2D eigenvalue weighted by Gasteiger charge is -2.23. The first-order chi connectivity index (χ1) is 14.7. The van der Waals surface area contributed by atoms with Crippen molar-refractivity contribution in [3.05, 3.63) is 53.6 Å². The van der Waals surface area contributed by atoms with Gasteiger partial charge in [0.25, 0.3) is 0 Å². The van der Waals surface area contributed by atoms with E-state index in [0.29, 0.717) is 19.6 Å². The number of anilines is 1. The molecule has 1 aromatic heterocycles. The van der Waals surface area contributed by atoms with Crippen molar-refractivity contribution < 1.29 is 14.3 Å². The lowest BCUT2D eigenvalue weighted by Crippen LogP contribution is -2.38. The van der Waals surface area contributed by atoms with Crippen LogP contribution in [0.1, 0.15) is 37.8 Å². The summed E-state index contributed by atoms with van der Waals surface area (Å²) in [4.78, 5) is 20.1. The summed E-state index contributed by atoms with van der Waals surface area (Å²) in [5.41, 5.74) is 3.19. The molecule has 1 saturated heterocycles. The molecule has 0 N–H and O–H groups in total. The molecular weight excluding hydrogens is 396 g/mol. The Morgan fingerprint density at radius 2 is 2.07 bits per heavy atom. The quantitative estimate of drug-likeness (QED) is 0.510. The van der Waals surface area contributed by atoms with Gasteiger partial charge in [-0.15, -0.1) is 0 Å². The van der Waals surface area contributed by atoms with Gasteiger partial charge < -0.3 is 9.47 Å². The van der Waals surface area contributed by atoms with Gasteiger partial charge in [0.1, 0.15) is 5.75 Å². The van der Waals surface area contributed by atoms with Gasteiger partial charge in [0.15, 0.2) is 5.13 Å². The average molecular weight is 425 g/mol. The van der Waals surface area contributed by atoms with Crippen molar-refractivity contribution in [2.24, 2.45) is 0 Å². The van der Waals surface area contributed by atoms with Gasteiger partial charge in [0.05, 0.1) is 35.9 Å². The van der Waals surface area contributed by atoms with Crippen LogP contribution in [0.3, 0.4) is 0 Å². The van der Waals surface area contributed by atoms with Gasteiger partial charge in [-0.25, -0.2) is 4.98 Å². The zero-order valence-electron chi connectivity index (χ0n) is 17.6. The number of ether oxygens (including phenoxy) is 2. The lowest BCUT2D eigenvalue weighted by atomic mass is 10.1. The van der Waals surface area contributed by atoms with E-state index in [2.05, 4.69) is 25.1 Å². The molecule has 1 aliphatic heterocycles. The van der Waals surface area contributed by atoms with Crippen LogP contribution in [-0.4, -0.2) is 36.8 Å². The van der Waals surface area contributed by atoms with E-state index in [1.165, 1.54) is 5.56 Å². The molecule has 5 nitrogen and oxygen atoms in total. The number of fused-ring (bicyclic) bond motifs is 1. The molecule has 30 heavy (non-hydrogen) atoms. The predicted octanol–water partition coefficient (Wildman–Crippen LogP) is 5.01. The molecule has 0 unspecified atom stereocenters. The highest BCUT2D eigenvalue weighted by atomic mass is 32.1. The Bertz CT molecular complexity index is 993. The fourth-order valence-electron chi connectivity index (χ4n) is 3.81.